The van der Waals surface area contributed by atoms with Gasteiger partial charge in [0.25, 0.3) is 0 Å². The number of aliphatic carboxylic acids is 1. The third kappa shape index (κ3) is 3.95. The molecule has 0 heterocycles. The van der Waals surface area contributed by atoms with Gasteiger partial charge in [0.2, 0.25) is 5.12 Å². The van der Waals surface area contributed by atoms with E-state index in [4.69, 9.17) is 5.11 Å². The van der Waals surface area contributed by atoms with Crippen LogP contribution in [0, 0.1) is 0 Å². The summed E-state index contributed by atoms with van der Waals surface area (Å²) in [5, 5.41) is 7.93. The largest absolute Gasteiger partial charge is 0.481 e. The van der Waals surface area contributed by atoms with E-state index in [2.05, 4.69) is 0 Å². The van der Waals surface area contributed by atoms with E-state index in [9.17, 15) is 14.4 Å². The first kappa shape index (κ1) is 11.5. The standard InChI is InChI=1S/C10H8O4S/c11-6-7-1-3-8(4-2-7)15-10(14)5-9(12)13/h1-4,6H,5H2,(H,12,13). The summed E-state index contributed by atoms with van der Waals surface area (Å²) in [6, 6.07) is 6.36. The van der Waals surface area contributed by atoms with Gasteiger partial charge in [0.05, 0.1) is 0 Å². The molecule has 1 N–H and O–H groups in total. The van der Waals surface area contributed by atoms with Crippen molar-refractivity contribution in [1.82, 2.24) is 0 Å². The van der Waals surface area contributed by atoms with Crippen molar-refractivity contribution < 1.29 is 19.5 Å². The summed E-state index contributed by atoms with van der Waals surface area (Å²) in [5.41, 5.74) is 0.519. The van der Waals surface area contributed by atoms with Crippen molar-refractivity contribution in [3.05, 3.63) is 29.8 Å². The first-order chi connectivity index (χ1) is 7.11. The molecule has 0 unspecified atom stereocenters. The highest BCUT2D eigenvalue weighted by Crippen LogP contribution is 2.20. The molecule has 0 fully saturated rings. The Morgan fingerprint density at radius 2 is 1.87 bits per heavy atom. The second-order valence-corrected chi connectivity index (χ2v) is 3.86. The normalized spacial score (nSPS) is 9.60. The molecule has 0 aromatic heterocycles. The van der Waals surface area contributed by atoms with Gasteiger partial charge in [-0.25, -0.2) is 0 Å². The Kier molecular flexibility index (Phi) is 4.05. The summed E-state index contributed by atoms with van der Waals surface area (Å²) in [5.74, 6) is -1.14. The number of carbonyl (C=O) groups is 3. The summed E-state index contributed by atoms with van der Waals surface area (Å²) in [6.07, 6.45) is 0.202. The molecule has 1 rings (SSSR count). The van der Waals surface area contributed by atoms with Crippen LogP contribution < -0.4 is 0 Å². The lowest BCUT2D eigenvalue weighted by Crippen LogP contribution is -2.02. The van der Waals surface area contributed by atoms with E-state index in [1.807, 2.05) is 0 Å². The maximum atomic E-state index is 11.1. The van der Waals surface area contributed by atoms with Gasteiger partial charge in [-0.1, -0.05) is 23.9 Å². The Hall–Kier alpha value is -1.62. The summed E-state index contributed by atoms with van der Waals surface area (Å²) in [7, 11) is 0. The first-order valence-corrected chi connectivity index (χ1v) is 4.91. The van der Waals surface area contributed by atoms with Crippen LogP contribution in [0.25, 0.3) is 0 Å². The minimum atomic E-state index is -1.14. The molecule has 0 saturated carbocycles. The molecule has 0 aliphatic carbocycles. The van der Waals surface area contributed by atoms with E-state index in [-0.39, 0.29) is 0 Å². The quantitative estimate of drug-likeness (QED) is 0.477. The molecule has 5 heteroatoms. The van der Waals surface area contributed by atoms with Gasteiger partial charge in [0.1, 0.15) is 12.7 Å². The highest BCUT2D eigenvalue weighted by atomic mass is 32.2. The molecular weight excluding hydrogens is 216 g/mol. The number of hydrogen-bond acceptors (Lipinski definition) is 4. The molecule has 78 valence electrons. The molecule has 0 saturated heterocycles. The predicted octanol–water partition coefficient (Wildman–Crippen LogP) is 1.59. The fourth-order valence-corrected chi connectivity index (χ4v) is 1.64. The van der Waals surface area contributed by atoms with Crippen molar-refractivity contribution in [3.8, 4) is 0 Å². The van der Waals surface area contributed by atoms with Gasteiger partial charge in [-0.15, -0.1) is 0 Å². The molecular formula is C10H8O4S. The lowest BCUT2D eigenvalue weighted by atomic mass is 10.2. The highest BCUT2D eigenvalue weighted by molar-refractivity contribution is 8.13. The van der Waals surface area contributed by atoms with Crippen LogP contribution >= 0.6 is 11.8 Å². The number of benzene rings is 1. The van der Waals surface area contributed by atoms with Crippen molar-refractivity contribution in [2.45, 2.75) is 11.3 Å². The van der Waals surface area contributed by atoms with E-state index in [1.165, 1.54) is 0 Å². The van der Waals surface area contributed by atoms with Crippen molar-refractivity contribution in [1.29, 1.82) is 0 Å². The van der Waals surface area contributed by atoms with E-state index < -0.39 is 17.5 Å². The van der Waals surface area contributed by atoms with Crippen LogP contribution in [0.5, 0.6) is 0 Å². The minimum Gasteiger partial charge on any atom is -0.481 e. The van der Waals surface area contributed by atoms with Gasteiger partial charge in [0, 0.05) is 10.5 Å². The topological polar surface area (TPSA) is 71.4 Å². The maximum absolute atomic E-state index is 11.1. The zero-order valence-corrected chi connectivity index (χ0v) is 8.49. The lowest BCUT2D eigenvalue weighted by molar-refractivity contribution is -0.138. The first-order valence-electron chi connectivity index (χ1n) is 4.09. The van der Waals surface area contributed by atoms with Crippen LogP contribution in [-0.2, 0) is 9.59 Å². The molecule has 0 spiro atoms. The predicted molar refractivity (Wildman–Crippen MR) is 54.9 cm³/mol. The minimum absolute atomic E-state index is 0.429. The van der Waals surface area contributed by atoms with Gasteiger partial charge in [-0.05, 0) is 12.1 Å². The van der Waals surface area contributed by atoms with Gasteiger partial charge in [-0.2, -0.15) is 0 Å². The van der Waals surface area contributed by atoms with Crippen molar-refractivity contribution in [3.63, 3.8) is 0 Å². The molecule has 0 aliphatic heterocycles. The van der Waals surface area contributed by atoms with Crippen LogP contribution in [0.1, 0.15) is 16.8 Å². The molecule has 0 aliphatic rings. The lowest BCUT2D eigenvalue weighted by Gasteiger charge is -1.98. The number of carbonyl (C=O) groups excluding carboxylic acids is 2. The molecule has 0 amide bonds. The molecule has 1 aromatic rings. The van der Waals surface area contributed by atoms with Crippen molar-refractivity contribution >= 4 is 29.1 Å². The third-order valence-corrected chi connectivity index (χ3v) is 2.42. The summed E-state index contributed by atoms with van der Waals surface area (Å²) in [4.78, 5) is 32.3. The zero-order chi connectivity index (χ0) is 11.3. The van der Waals surface area contributed by atoms with Crippen LogP contribution in [0.4, 0.5) is 0 Å². The number of hydrogen-bond donors (Lipinski definition) is 1. The van der Waals surface area contributed by atoms with E-state index in [0.29, 0.717) is 16.7 Å². The molecule has 0 radical (unpaired) electrons. The Bertz CT molecular complexity index is 383. The van der Waals surface area contributed by atoms with Crippen molar-refractivity contribution in [2.75, 3.05) is 0 Å². The maximum Gasteiger partial charge on any atom is 0.311 e. The second kappa shape index (κ2) is 5.31. The third-order valence-electron chi connectivity index (χ3n) is 1.54. The second-order valence-electron chi connectivity index (χ2n) is 2.73. The number of rotatable bonds is 4. The van der Waals surface area contributed by atoms with E-state index in [0.717, 1.165) is 11.8 Å². The van der Waals surface area contributed by atoms with Crippen LogP contribution in [-0.4, -0.2) is 22.5 Å². The molecule has 0 atom stereocenters. The fraction of sp³-hybridized carbons (Fsp3) is 0.100. The Balaban J connectivity index is 2.61. The Morgan fingerprint density at radius 3 is 2.33 bits per heavy atom. The van der Waals surface area contributed by atoms with Crippen LogP contribution in [0.3, 0.4) is 0 Å². The van der Waals surface area contributed by atoms with Gasteiger partial charge in [0.15, 0.2) is 0 Å². The van der Waals surface area contributed by atoms with E-state index >= 15 is 0 Å². The molecule has 15 heavy (non-hydrogen) atoms. The average molecular weight is 224 g/mol. The number of thioether (sulfide) groups is 1. The van der Waals surface area contributed by atoms with Crippen LogP contribution in [0.2, 0.25) is 0 Å². The summed E-state index contributed by atoms with van der Waals surface area (Å²) >= 11 is 0.855. The van der Waals surface area contributed by atoms with Crippen LogP contribution in [0.15, 0.2) is 29.2 Å². The molecule has 0 bridgehead atoms. The Morgan fingerprint density at radius 1 is 1.27 bits per heavy atom. The van der Waals surface area contributed by atoms with E-state index in [1.54, 1.807) is 24.3 Å². The zero-order valence-electron chi connectivity index (χ0n) is 7.67. The number of carboxylic acids is 1. The smallest absolute Gasteiger partial charge is 0.311 e. The SMILES string of the molecule is O=Cc1ccc(SC(=O)CC(=O)O)cc1. The number of carboxylic acid groups (broad SMARTS) is 1. The van der Waals surface area contributed by atoms with Crippen molar-refractivity contribution in [2.24, 2.45) is 0 Å². The molecule has 4 nitrogen and oxygen atoms in total. The Labute approximate surface area is 90.3 Å². The van der Waals surface area contributed by atoms with Gasteiger partial charge in [-0.3, -0.25) is 14.4 Å². The number of aldehydes is 1. The average Bonchev–Trinajstić information content (AvgIpc) is 2.17. The highest BCUT2D eigenvalue weighted by Gasteiger charge is 2.09. The monoisotopic (exact) mass is 224 g/mol. The van der Waals surface area contributed by atoms with Gasteiger partial charge >= 0.3 is 5.97 Å². The van der Waals surface area contributed by atoms with Gasteiger partial charge < -0.3 is 5.11 Å². The fourth-order valence-electron chi connectivity index (χ4n) is 0.905. The summed E-state index contributed by atoms with van der Waals surface area (Å²) in [6.45, 7) is 0. The molecule has 1 aromatic carbocycles. The summed E-state index contributed by atoms with van der Waals surface area (Å²) < 4.78 is 0.